The van der Waals surface area contributed by atoms with Gasteiger partial charge < -0.3 is 9.84 Å². The standard InChI is InChI=1S/C12H15N3O2S/c1-8(2)13-10(16)5-6-11-14-12(15-17-11)9-4-3-7-18-9/h3-4,7-8H,5-6H2,1-2H3,(H,13,16). The van der Waals surface area contributed by atoms with E-state index in [2.05, 4.69) is 15.5 Å². The molecular formula is C12H15N3O2S. The van der Waals surface area contributed by atoms with Crippen LogP contribution in [-0.4, -0.2) is 22.1 Å². The summed E-state index contributed by atoms with van der Waals surface area (Å²) in [6.07, 6.45) is 0.835. The van der Waals surface area contributed by atoms with Crippen molar-refractivity contribution >= 4 is 17.2 Å². The number of hydrogen-bond donors (Lipinski definition) is 1. The molecule has 0 unspecified atom stereocenters. The van der Waals surface area contributed by atoms with Gasteiger partial charge in [0.05, 0.1) is 4.88 Å². The summed E-state index contributed by atoms with van der Waals surface area (Å²) < 4.78 is 5.11. The molecule has 2 heterocycles. The maximum atomic E-state index is 11.5. The van der Waals surface area contributed by atoms with Crippen molar-refractivity contribution in [2.45, 2.75) is 32.7 Å². The SMILES string of the molecule is CC(C)NC(=O)CCc1nc(-c2cccs2)no1. The van der Waals surface area contributed by atoms with Gasteiger partial charge in [-0.2, -0.15) is 4.98 Å². The van der Waals surface area contributed by atoms with E-state index in [0.29, 0.717) is 24.6 Å². The van der Waals surface area contributed by atoms with Crippen LogP contribution in [0.15, 0.2) is 22.0 Å². The van der Waals surface area contributed by atoms with Crippen LogP contribution in [0.5, 0.6) is 0 Å². The molecular weight excluding hydrogens is 250 g/mol. The van der Waals surface area contributed by atoms with E-state index in [1.165, 1.54) is 0 Å². The summed E-state index contributed by atoms with van der Waals surface area (Å²) in [7, 11) is 0. The summed E-state index contributed by atoms with van der Waals surface area (Å²) in [5.74, 6) is 1.09. The molecule has 0 saturated carbocycles. The van der Waals surface area contributed by atoms with Crippen molar-refractivity contribution in [3.63, 3.8) is 0 Å². The summed E-state index contributed by atoms with van der Waals surface area (Å²) in [4.78, 5) is 16.7. The lowest BCUT2D eigenvalue weighted by Crippen LogP contribution is -2.30. The van der Waals surface area contributed by atoms with Crippen molar-refractivity contribution in [2.75, 3.05) is 0 Å². The number of nitrogens with zero attached hydrogens (tertiary/aromatic N) is 2. The first-order valence-electron chi connectivity index (χ1n) is 5.81. The third kappa shape index (κ3) is 3.40. The Labute approximate surface area is 109 Å². The largest absolute Gasteiger partial charge is 0.354 e. The third-order valence-electron chi connectivity index (χ3n) is 2.23. The molecule has 0 aliphatic carbocycles. The normalized spacial score (nSPS) is 10.8. The summed E-state index contributed by atoms with van der Waals surface area (Å²) in [6.45, 7) is 3.86. The topological polar surface area (TPSA) is 68.0 Å². The van der Waals surface area contributed by atoms with E-state index in [-0.39, 0.29) is 11.9 Å². The molecule has 96 valence electrons. The quantitative estimate of drug-likeness (QED) is 0.900. The average molecular weight is 265 g/mol. The second-order valence-corrected chi connectivity index (χ2v) is 5.16. The lowest BCUT2D eigenvalue weighted by Gasteiger charge is -2.06. The molecule has 0 aliphatic rings. The van der Waals surface area contributed by atoms with Crippen LogP contribution in [0.1, 0.15) is 26.2 Å². The van der Waals surface area contributed by atoms with Gasteiger partial charge in [0.15, 0.2) is 0 Å². The zero-order chi connectivity index (χ0) is 13.0. The van der Waals surface area contributed by atoms with Gasteiger partial charge in [0.1, 0.15) is 0 Å². The van der Waals surface area contributed by atoms with Crippen LogP contribution in [0.2, 0.25) is 0 Å². The molecule has 0 saturated heterocycles. The first kappa shape index (κ1) is 12.8. The van der Waals surface area contributed by atoms with Crippen molar-refractivity contribution < 1.29 is 9.32 Å². The molecule has 2 rings (SSSR count). The van der Waals surface area contributed by atoms with Gasteiger partial charge in [0.2, 0.25) is 17.6 Å². The van der Waals surface area contributed by atoms with Crippen LogP contribution < -0.4 is 5.32 Å². The molecule has 6 heteroatoms. The van der Waals surface area contributed by atoms with Gasteiger partial charge in [-0.1, -0.05) is 11.2 Å². The van der Waals surface area contributed by atoms with Crippen LogP contribution in [0, 0.1) is 0 Å². The predicted molar refractivity (Wildman–Crippen MR) is 69.2 cm³/mol. The maximum absolute atomic E-state index is 11.5. The van der Waals surface area contributed by atoms with E-state index in [9.17, 15) is 4.79 Å². The van der Waals surface area contributed by atoms with Gasteiger partial charge in [-0.3, -0.25) is 4.79 Å². The Bertz CT molecular complexity index is 505. The van der Waals surface area contributed by atoms with E-state index in [1.807, 2.05) is 31.4 Å². The van der Waals surface area contributed by atoms with E-state index in [4.69, 9.17) is 4.52 Å². The van der Waals surface area contributed by atoms with Crippen LogP contribution >= 0.6 is 11.3 Å². The summed E-state index contributed by atoms with van der Waals surface area (Å²) in [6, 6.07) is 4.03. The number of amides is 1. The molecule has 1 N–H and O–H groups in total. The molecule has 0 atom stereocenters. The lowest BCUT2D eigenvalue weighted by molar-refractivity contribution is -0.121. The molecule has 2 aromatic rings. The van der Waals surface area contributed by atoms with E-state index in [0.717, 1.165) is 4.88 Å². The van der Waals surface area contributed by atoms with Crippen LogP contribution in [0.25, 0.3) is 10.7 Å². The molecule has 2 aromatic heterocycles. The molecule has 0 fully saturated rings. The first-order valence-corrected chi connectivity index (χ1v) is 6.69. The van der Waals surface area contributed by atoms with Gasteiger partial charge >= 0.3 is 0 Å². The Kier molecular flexibility index (Phi) is 4.09. The monoisotopic (exact) mass is 265 g/mol. The number of aromatic nitrogens is 2. The molecule has 0 aliphatic heterocycles. The zero-order valence-corrected chi connectivity index (χ0v) is 11.2. The number of aryl methyl sites for hydroxylation is 1. The van der Waals surface area contributed by atoms with Gasteiger partial charge in [-0.15, -0.1) is 11.3 Å². The molecule has 5 nitrogen and oxygen atoms in total. The molecule has 0 spiro atoms. The highest BCUT2D eigenvalue weighted by atomic mass is 32.1. The number of carbonyl (C=O) groups is 1. The Morgan fingerprint density at radius 3 is 3.06 bits per heavy atom. The summed E-state index contributed by atoms with van der Waals surface area (Å²) in [5, 5.41) is 8.67. The van der Waals surface area contributed by atoms with Gasteiger partial charge in [-0.05, 0) is 25.3 Å². The lowest BCUT2D eigenvalue weighted by atomic mass is 10.2. The van der Waals surface area contributed by atoms with E-state index >= 15 is 0 Å². The van der Waals surface area contributed by atoms with Crippen molar-refractivity contribution in [3.8, 4) is 10.7 Å². The van der Waals surface area contributed by atoms with Crippen LogP contribution in [-0.2, 0) is 11.2 Å². The smallest absolute Gasteiger partial charge is 0.227 e. The second kappa shape index (κ2) is 5.77. The number of carbonyl (C=O) groups excluding carboxylic acids is 1. The first-order chi connectivity index (χ1) is 8.65. The molecule has 0 aromatic carbocycles. The number of nitrogens with one attached hydrogen (secondary N) is 1. The molecule has 18 heavy (non-hydrogen) atoms. The minimum atomic E-state index is 0.000809. The predicted octanol–water partition coefficient (Wildman–Crippen LogP) is 2.26. The second-order valence-electron chi connectivity index (χ2n) is 4.21. The zero-order valence-electron chi connectivity index (χ0n) is 10.3. The highest BCUT2D eigenvalue weighted by Gasteiger charge is 2.11. The fraction of sp³-hybridized carbons (Fsp3) is 0.417. The van der Waals surface area contributed by atoms with E-state index in [1.54, 1.807) is 11.3 Å². The van der Waals surface area contributed by atoms with Crippen LogP contribution in [0.3, 0.4) is 0 Å². The Morgan fingerprint density at radius 2 is 2.39 bits per heavy atom. The average Bonchev–Trinajstić information content (AvgIpc) is 2.96. The molecule has 0 radical (unpaired) electrons. The van der Waals surface area contributed by atoms with Crippen LogP contribution in [0.4, 0.5) is 0 Å². The summed E-state index contributed by atoms with van der Waals surface area (Å²) in [5.41, 5.74) is 0. The summed E-state index contributed by atoms with van der Waals surface area (Å²) >= 11 is 1.56. The minimum Gasteiger partial charge on any atom is -0.354 e. The van der Waals surface area contributed by atoms with Crippen molar-refractivity contribution in [1.82, 2.24) is 15.5 Å². The Hall–Kier alpha value is -1.69. The molecule has 1 amide bonds. The third-order valence-corrected chi connectivity index (χ3v) is 3.09. The highest BCUT2D eigenvalue weighted by Crippen LogP contribution is 2.21. The highest BCUT2D eigenvalue weighted by molar-refractivity contribution is 7.13. The maximum Gasteiger partial charge on any atom is 0.227 e. The Balaban J connectivity index is 1.89. The fourth-order valence-electron chi connectivity index (χ4n) is 1.48. The van der Waals surface area contributed by atoms with Crippen molar-refractivity contribution in [3.05, 3.63) is 23.4 Å². The number of rotatable bonds is 5. The number of thiophene rings is 1. The molecule has 0 bridgehead atoms. The van der Waals surface area contributed by atoms with Gasteiger partial charge in [0.25, 0.3) is 0 Å². The van der Waals surface area contributed by atoms with E-state index < -0.39 is 0 Å². The van der Waals surface area contributed by atoms with Crippen molar-refractivity contribution in [1.29, 1.82) is 0 Å². The Morgan fingerprint density at radius 1 is 1.56 bits per heavy atom. The fourth-order valence-corrected chi connectivity index (χ4v) is 2.13. The minimum absolute atomic E-state index is 0.000809. The van der Waals surface area contributed by atoms with Crippen molar-refractivity contribution in [2.24, 2.45) is 0 Å². The van der Waals surface area contributed by atoms with Gasteiger partial charge in [-0.25, -0.2) is 0 Å². The number of hydrogen-bond acceptors (Lipinski definition) is 5. The van der Waals surface area contributed by atoms with Gasteiger partial charge in [0, 0.05) is 18.9 Å².